The van der Waals surface area contributed by atoms with Gasteiger partial charge in [0.25, 0.3) is 11.5 Å². The number of nitrogens with zero attached hydrogens (tertiary/aromatic N) is 4. The number of fused-ring (bicyclic) bond motifs is 3. The molecular formula is C26H30N6O4. The van der Waals surface area contributed by atoms with Crippen molar-refractivity contribution in [3.63, 3.8) is 0 Å². The Kier molecular flexibility index (Phi) is 7.05. The lowest BCUT2D eigenvalue weighted by atomic mass is 10.1. The van der Waals surface area contributed by atoms with Gasteiger partial charge in [-0.2, -0.15) is 0 Å². The second kappa shape index (κ2) is 10.2. The molecule has 188 valence electrons. The molecule has 0 aliphatic heterocycles. The molecule has 0 unspecified atom stereocenters. The Hall–Kier alpha value is -4.21. The van der Waals surface area contributed by atoms with Crippen LogP contribution in [0.1, 0.15) is 43.1 Å². The van der Waals surface area contributed by atoms with E-state index in [-0.39, 0.29) is 35.2 Å². The predicted octanol–water partition coefficient (Wildman–Crippen LogP) is 2.55. The Balaban J connectivity index is 1.80. The SMILES string of the molecule is CCCn1c(=O)c2ccc(C(=O)NCC(C)C)cc2n2c(=O)n(CC(=O)Nc3cccc(C)c3)nc12. The van der Waals surface area contributed by atoms with Gasteiger partial charge in [0.15, 0.2) is 0 Å². The monoisotopic (exact) mass is 490 g/mol. The summed E-state index contributed by atoms with van der Waals surface area (Å²) in [6.45, 7) is 8.33. The van der Waals surface area contributed by atoms with Gasteiger partial charge in [-0.3, -0.25) is 19.0 Å². The fraction of sp³-hybridized carbons (Fsp3) is 0.346. The molecule has 10 heteroatoms. The Labute approximate surface area is 207 Å². The largest absolute Gasteiger partial charge is 0.352 e. The van der Waals surface area contributed by atoms with E-state index in [4.69, 9.17) is 0 Å². The summed E-state index contributed by atoms with van der Waals surface area (Å²) in [5.41, 5.74) is 1.32. The van der Waals surface area contributed by atoms with Crippen LogP contribution in [0.15, 0.2) is 52.1 Å². The van der Waals surface area contributed by atoms with Crippen molar-refractivity contribution >= 4 is 34.2 Å². The zero-order valence-electron chi connectivity index (χ0n) is 20.9. The molecule has 10 nitrogen and oxygen atoms in total. The summed E-state index contributed by atoms with van der Waals surface area (Å²) < 4.78 is 3.76. The van der Waals surface area contributed by atoms with Crippen LogP contribution in [0.4, 0.5) is 5.69 Å². The molecule has 2 aromatic carbocycles. The third-order valence-corrected chi connectivity index (χ3v) is 5.75. The fourth-order valence-electron chi connectivity index (χ4n) is 4.04. The van der Waals surface area contributed by atoms with Crippen molar-refractivity contribution < 1.29 is 9.59 Å². The van der Waals surface area contributed by atoms with Gasteiger partial charge in [0, 0.05) is 24.3 Å². The average Bonchev–Trinajstić information content (AvgIpc) is 3.15. The molecular weight excluding hydrogens is 460 g/mol. The van der Waals surface area contributed by atoms with Crippen LogP contribution < -0.4 is 21.9 Å². The van der Waals surface area contributed by atoms with Crippen LogP contribution in [0, 0.1) is 12.8 Å². The summed E-state index contributed by atoms with van der Waals surface area (Å²) in [6.07, 6.45) is 0.645. The van der Waals surface area contributed by atoms with E-state index >= 15 is 0 Å². The van der Waals surface area contributed by atoms with Gasteiger partial charge in [-0.15, -0.1) is 5.10 Å². The van der Waals surface area contributed by atoms with Crippen LogP contribution in [-0.2, 0) is 17.9 Å². The smallest absolute Gasteiger partial charge is 0.352 e. The van der Waals surface area contributed by atoms with Gasteiger partial charge in [0.2, 0.25) is 11.7 Å². The van der Waals surface area contributed by atoms with Gasteiger partial charge < -0.3 is 10.6 Å². The van der Waals surface area contributed by atoms with Crippen molar-refractivity contribution in [1.29, 1.82) is 0 Å². The first-order valence-corrected chi connectivity index (χ1v) is 12.0. The molecule has 4 aromatic rings. The minimum absolute atomic E-state index is 0.127. The van der Waals surface area contributed by atoms with E-state index in [2.05, 4.69) is 15.7 Å². The number of rotatable bonds is 8. The molecule has 0 saturated carbocycles. The first-order chi connectivity index (χ1) is 17.2. The van der Waals surface area contributed by atoms with Gasteiger partial charge in [0.05, 0.1) is 10.9 Å². The van der Waals surface area contributed by atoms with E-state index in [9.17, 15) is 19.2 Å². The number of anilines is 1. The Morgan fingerprint density at radius 3 is 2.56 bits per heavy atom. The van der Waals surface area contributed by atoms with Gasteiger partial charge in [-0.1, -0.05) is 32.9 Å². The highest BCUT2D eigenvalue weighted by atomic mass is 16.2. The van der Waals surface area contributed by atoms with Crippen molar-refractivity contribution in [3.8, 4) is 0 Å². The lowest BCUT2D eigenvalue weighted by molar-refractivity contribution is -0.117. The number of nitrogens with one attached hydrogen (secondary N) is 2. The maximum atomic E-state index is 13.4. The number of aromatic nitrogens is 4. The minimum atomic E-state index is -0.570. The molecule has 0 fully saturated rings. The molecule has 2 heterocycles. The van der Waals surface area contributed by atoms with Crippen LogP contribution in [0.25, 0.3) is 16.7 Å². The number of aryl methyl sites for hydroxylation is 2. The summed E-state index contributed by atoms with van der Waals surface area (Å²) in [4.78, 5) is 52.0. The van der Waals surface area contributed by atoms with Crippen LogP contribution in [0.3, 0.4) is 0 Å². The van der Waals surface area contributed by atoms with E-state index in [0.717, 1.165) is 10.2 Å². The van der Waals surface area contributed by atoms with E-state index in [1.807, 2.05) is 45.9 Å². The molecule has 0 spiro atoms. The first kappa shape index (κ1) is 24.9. The van der Waals surface area contributed by atoms with Crippen LogP contribution >= 0.6 is 0 Å². The first-order valence-electron chi connectivity index (χ1n) is 12.0. The zero-order chi connectivity index (χ0) is 26.0. The summed E-state index contributed by atoms with van der Waals surface area (Å²) in [5, 5.41) is 10.3. The zero-order valence-corrected chi connectivity index (χ0v) is 20.9. The summed E-state index contributed by atoms with van der Waals surface area (Å²) in [5.74, 6) is -0.320. The van der Waals surface area contributed by atoms with Crippen molar-refractivity contribution in [2.24, 2.45) is 5.92 Å². The summed E-state index contributed by atoms with van der Waals surface area (Å²) >= 11 is 0. The number of benzene rings is 2. The standard InChI is InChI=1S/C26H30N6O4/c1-5-11-30-24(35)20-10-9-18(23(34)27-14-16(2)3)13-21(20)32-25(30)29-31(26(32)36)15-22(33)28-19-8-6-7-17(4)12-19/h6-10,12-13,16H,5,11,14-15H2,1-4H3,(H,27,34)(H,28,33). The Morgan fingerprint density at radius 1 is 1.08 bits per heavy atom. The molecule has 2 amide bonds. The molecule has 0 saturated heterocycles. The maximum Gasteiger partial charge on any atom is 0.352 e. The van der Waals surface area contributed by atoms with Crippen LogP contribution in [0.2, 0.25) is 0 Å². The maximum absolute atomic E-state index is 13.4. The molecule has 0 bridgehead atoms. The predicted molar refractivity (Wildman–Crippen MR) is 138 cm³/mol. The summed E-state index contributed by atoms with van der Waals surface area (Å²) in [7, 11) is 0. The van der Waals surface area contributed by atoms with Gasteiger partial charge >= 0.3 is 5.69 Å². The molecule has 2 N–H and O–H groups in total. The molecule has 4 rings (SSSR count). The number of carbonyl (C=O) groups is 2. The number of amides is 2. The van der Waals surface area contributed by atoms with Crippen molar-refractivity contribution in [2.75, 3.05) is 11.9 Å². The molecule has 2 aromatic heterocycles. The number of hydrogen-bond donors (Lipinski definition) is 2. The highest BCUT2D eigenvalue weighted by Gasteiger charge is 2.20. The second-order valence-electron chi connectivity index (χ2n) is 9.29. The molecule has 0 radical (unpaired) electrons. The third kappa shape index (κ3) is 4.93. The Bertz CT molecular complexity index is 1580. The van der Waals surface area contributed by atoms with Crippen molar-refractivity contribution in [2.45, 2.75) is 47.2 Å². The van der Waals surface area contributed by atoms with Crippen LogP contribution in [0.5, 0.6) is 0 Å². The highest BCUT2D eigenvalue weighted by Crippen LogP contribution is 2.15. The lowest BCUT2D eigenvalue weighted by Crippen LogP contribution is -2.30. The molecule has 0 aliphatic rings. The van der Waals surface area contributed by atoms with Crippen molar-refractivity contribution in [1.82, 2.24) is 24.1 Å². The fourth-order valence-corrected chi connectivity index (χ4v) is 4.04. The average molecular weight is 491 g/mol. The van der Waals surface area contributed by atoms with Gasteiger partial charge in [-0.25, -0.2) is 13.9 Å². The molecule has 36 heavy (non-hydrogen) atoms. The molecule has 0 aliphatic carbocycles. The van der Waals surface area contributed by atoms with E-state index in [0.29, 0.717) is 36.1 Å². The number of hydrogen-bond acceptors (Lipinski definition) is 5. The topological polar surface area (TPSA) is 120 Å². The number of carbonyl (C=O) groups excluding carboxylic acids is 2. The van der Waals surface area contributed by atoms with E-state index in [1.165, 1.54) is 15.0 Å². The van der Waals surface area contributed by atoms with E-state index in [1.54, 1.807) is 18.2 Å². The highest BCUT2D eigenvalue weighted by molar-refractivity contribution is 5.98. The Morgan fingerprint density at radius 2 is 1.86 bits per heavy atom. The van der Waals surface area contributed by atoms with Gasteiger partial charge in [0.1, 0.15) is 6.54 Å². The third-order valence-electron chi connectivity index (χ3n) is 5.75. The normalized spacial score (nSPS) is 11.4. The second-order valence-corrected chi connectivity index (χ2v) is 9.29. The lowest BCUT2D eigenvalue weighted by Gasteiger charge is -2.11. The van der Waals surface area contributed by atoms with Gasteiger partial charge in [-0.05, 0) is 55.2 Å². The van der Waals surface area contributed by atoms with Crippen molar-refractivity contribution in [3.05, 3.63) is 74.4 Å². The van der Waals surface area contributed by atoms with Crippen LogP contribution in [-0.4, -0.2) is 37.1 Å². The summed E-state index contributed by atoms with van der Waals surface area (Å²) in [6, 6.07) is 12.0. The molecule has 0 atom stereocenters. The quantitative estimate of drug-likeness (QED) is 0.393. The minimum Gasteiger partial charge on any atom is -0.352 e. The van der Waals surface area contributed by atoms with E-state index < -0.39 is 11.6 Å².